The Hall–Kier alpha value is -2.71. The smallest absolute Gasteiger partial charge is 0.326 e. The first-order valence-electron chi connectivity index (χ1n) is 9.42. The Kier molecular flexibility index (Phi) is 4.92. The highest BCUT2D eigenvalue weighted by atomic mass is 32.1. The summed E-state index contributed by atoms with van der Waals surface area (Å²) in [7, 11) is 1.52. The van der Waals surface area contributed by atoms with E-state index in [1.54, 1.807) is 38.1 Å². The van der Waals surface area contributed by atoms with E-state index in [2.05, 4.69) is 5.32 Å². The molecule has 2 aromatic rings. The minimum absolute atomic E-state index is 0.193. The Labute approximate surface area is 172 Å². The molecular weight excluding hydrogens is 392 g/mol. The van der Waals surface area contributed by atoms with Gasteiger partial charge in [0.15, 0.2) is 0 Å². The summed E-state index contributed by atoms with van der Waals surface area (Å²) in [6.45, 7) is 3.56. The molecule has 152 valence electrons. The van der Waals surface area contributed by atoms with E-state index in [9.17, 15) is 14.4 Å². The van der Waals surface area contributed by atoms with Crippen LogP contribution in [-0.4, -0.2) is 37.0 Å². The highest BCUT2D eigenvalue weighted by Crippen LogP contribution is 2.50. The second-order valence-corrected chi connectivity index (χ2v) is 8.26. The monoisotopic (exact) mass is 414 g/mol. The summed E-state index contributed by atoms with van der Waals surface area (Å²) in [5.41, 5.74) is -0.861. The van der Waals surface area contributed by atoms with Gasteiger partial charge in [-0.2, -0.15) is 0 Å². The van der Waals surface area contributed by atoms with Crippen LogP contribution in [0.15, 0.2) is 41.8 Å². The summed E-state index contributed by atoms with van der Waals surface area (Å²) in [5, 5.41) is 5.16. The number of amides is 2. The number of esters is 1. The average Bonchev–Trinajstić information content (AvgIpc) is 3.40. The molecule has 8 heteroatoms. The fraction of sp³-hybridized carbons (Fsp3) is 0.381. The summed E-state index contributed by atoms with van der Waals surface area (Å²) in [5.74, 6) is -2.26. The molecule has 0 aliphatic carbocycles. The Morgan fingerprint density at radius 2 is 2.03 bits per heavy atom. The zero-order valence-electron chi connectivity index (χ0n) is 16.4. The Morgan fingerprint density at radius 3 is 2.69 bits per heavy atom. The third-order valence-electron chi connectivity index (χ3n) is 5.65. The standard InChI is InChI=1S/C21H22N2O5S/c1-4-28-20(26)21(2)16-15(17(22-21)14-9-6-10-29-14)18(24)23(19(16)25)12-7-5-8-13(11-12)27-3/h5-11,15-17,22H,4H2,1-3H3/t15-,16-,17-,21+/m0/s1. The SMILES string of the molecule is CCOC(=O)[C@]1(C)N[C@@H](c2cccs2)[C@H]2C(=O)N(c3cccc(OC)c3)C(=O)[C@H]21. The van der Waals surface area contributed by atoms with Crippen molar-refractivity contribution >= 4 is 34.8 Å². The number of nitrogens with zero attached hydrogens (tertiary/aromatic N) is 1. The summed E-state index contributed by atoms with van der Waals surface area (Å²) >= 11 is 1.48. The van der Waals surface area contributed by atoms with E-state index in [0.29, 0.717) is 11.4 Å². The Morgan fingerprint density at radius 1 is 1.24 bits per heavy atom. The molecule has 0 bridgehead atoms. The predicted octanol–water partition coefficient (Wildman–Crippen LogP) is 2.53. The van der Waals surface area contributed by atoms with Gasteiger partial charge >= 0.3 is 5.97 Å². The Bertz CT molecular complexity index is 960. The van der Waals surface area contributed by atoms with Gasteiger partial charge in [0.25, 0.3) is 0 Å². The largest absolute Gasteiger partial charge is 0.497 e. The molecule has 2 aliphatic heterocycles. The fourth-order valence-electron chi connectivity index (χ4n) is 4.32. The molecule has 7 nitrogen and oxygen atoms in total. The van der Waals surface area contributed by atoms with Gasteiger partial charge in [0.2, 0.25) is 11.8 Å². The molecule has 2 amide bonds. The number of ether oxygens (including phenoxy) is 2. The van der Waals surface area contributed by atoms with Gasteiger partial charge in [0.1, 0.15) is 11.3 Å². The van der Waals surface area contributed by atoms with E-state index in [1.807, 2.05) is 17.5 Å². The van der Waals surface area contributed by atoms with Crippen LogP contribution in [0, 0.1) is 11.8 Å². The summed E-state index contributed by atoms with van der Waals surface area (Å²) < 4.78 is 10.5. The molecule has 0 radical (unpaired) electrons. The third-order valence-corrected chi connectivity index (χ3v) is 6.60. The summed E-state index contributed by atoms with van der Waals surface area (Å²) in [6, 6.07) is 10.2. The lowest BCUT2D eigenvalue weighted by Gasteiger charge is -2.29. The molecule has 0 saturated carbocycles. The maximum absolute atomic E-state index is 13.5. The van der Waals surface area contributed by atoms with Gasteiger partial charge in [-0.15, -0.1) is 11.3 Å². The van der Waals surface area contributed by atoms with Crippen molar-refractivity contribution in [1.82, 2.24) is 5.32 Å². The average molecular weight is 414 g/mol. The minimum Gasteiger partial charge on any atom is -0.497 e. The van der Waals surface area contributed by atoms with Crippen molar-refractivity contribution in [2.45, 2.75) is 25.4 Å². The number of nitrogens with one attached hydrogen (secondary N) is 1. The van der Waals surface area contributed by atoms with Crippen LogP contribution in [0.2, 0.25) is 0 Å². The Balaban J connectivity index is 1.80. The molecule has 0 spiro atoms. The van der Waals surface area contributed by atoms with Crippen molar-refractivity contribution in [3.8, 4) is 5.75 Å². The first kappa shape index (κ1) is 19.6. The van der Waals surface area contributed by atoms with Crippen molar-refractivity contribution in [2.24, 2.45) is 11.8 Å². The van der Waals surface area contributed by atoms with Crippen molar-refractivity contribution in [3.05, 3.63) is 46.7 Å². The number of rotatable bonds is 5. The highest BCUT2D eigenvalue weighted by Gasteiger charge is 2.67. The number of benzene rings is 1. The van der Waals surface area contributed by atoms with Crippen LogP contribution in [0.1, 0.15) is 24.8 Å². The first-order valence-corrected chi connectivity index (χ1v) is 10.3. The number of imide groups is 1. The molecule has 1 N–H and O–H groups in total. The second kappa shape index (κ2) is 7.27. The fourth-order valence-corrected chi connectivity index (χ4v) is 5.15. The van der Waals surface area contributed by atoms with Crippen LogP contribution in [0.4, 0.5) is 5.69 Å². The lowest BCUT2D eigenvalue weighted by molar-refractivity contribution is -0.153. The van der Waals surface area contributed by atoms with Gasteiger partial charge in [-0.1, -0.05) is 12.1 Å². The van der Waals surface area contributed by atoms with Gasteiger partial charge in [0.05, 0.1) is 37.3 Å². The topological polar surface area (TPSA) is 84.9 Å². The van der Waals surface area contributed by atoms with Gasteiger partial charge in [-0.05, 0) is 37.4 Å². The van der Waals surface area contributed by atoms with Gasteiger partial charge in [-0.25, -0.2) is 4.90 Å². The number of thiophene rings is 1. The normalized spacial score (nSPS) is 28.5. The molecular formula is C21H22N2O5S. The van der Waals surface area contributed by atoms with Gasteiger partial charge < -0.3 is 9.47 Å². The van der Waals surface area contributed by atoms with Gasteiger partial charge in [-0.3, -0.25) is 19.7 Å². The maximum atomic E-state index is 13.5. The molecule has 2 saturated heterocycles. The quantitative estimate of drug-likeness (QED) is 0.598. The second-order valence-electron chi connectivity index (χ2n) is 7.28. The van der Waals surface area contributed by atoms with E-state index in [4.69, 9.17) is 9.47 Å². The number of carbonyl (C=O) groups is 3. The van der Waals surface area contributed by atoms with Crippen LogP contribution in [-0.2, 0) is 19.1 Å². The van der Waals surface area contributed by atoms with Crippen molar-refractivity contribution in [3.63, 3.8) is 0 Å². The highest BCUT2D eigenvalue weighted by molar-refractivity contribution is 7.10. The van der Waals surface area contributed by atoms with Crippen LogP contribution in [0.3, 0.4) is 0 Å². The van der Waals surface area contributed by atoms with E-state index in [-0.39, 0.29) is 12.5 Å². The zero-order valence-corrected chi connectivity index (χ0v) is 17.2. The van der Waals surface area contributed by atoms with Crippen LogP contribution in [0.25, 0.3) is 0 Å². The maximum Gasteiger partial charge on any atom is 0.326 e. The lowest BCUT2D eigenvalue weighted by atomic mass is 9.81. The molecule has 3 heterocycles. The predicted molar refractivity (Wildman–Crippen MR) is 108 cm³/mol. The van der Waals surface area contributed by atoms with Crippen LogP contribution < -0.4 is 15.0 Å². The summed E-state index contributed by atoms with van der Waals surface area (Å²) in [6.07, 6.45) is 0. The van der Waals surface area contributed by atoms with Crippen LogP contribution >= 0.6 is 11.3 Å². The molecule has 4 rings (SSSR count). The molecule has 29 heavy (non-hydrogen) atoms. The molecule has 4 atom stereocenters. The van der Waals surface area contributed by atoms with E-state index in [0.717, 1.165) is 4.88 Å². The molecule has 1 aromatic carbocycles. The molecule has 2 aliphatic rings. The number of anilines is 1. The van der Waals surface area contributed by atoms with Crippen molar-refractivity contribution in [2.75, 3.05) is 18.6 Å². The minimum atomic E-state index is -1.30. The molecule has 1 aromatic heterocycles. The number of methoxy groups -OCH3 is 1. The van der Waals surface area contributed by atoms with Crippen molar-refractivity contribution in [1.29, 1.82) is 0 Å². The van der Waals surface area contributed by atoms with E-state index >= 15 is 0 Å². The lowest BCUT2D eigenvalue weighted by Crippen LogP contribution is -2.54. The van der Waals surface area contributed by atoms with Gasteiger partial charge in [0, 0.05) is 10.9 Å². The van der Waals surface area contributed by atoms with E-state index < -0.39 is 35.3 Å². The van der Waals surface area contributed by atoms with Crippen LogP contribution in [0.5, 0.6) is 5.75 Å². The number of hydrogen-bond donors (Lipinski definition) is 1. The number of fused-ring (bicyclic) bond motifs is 1. The van der Waals surface area contributed by atoms with Crippen molar-refractivity contribution < 1.29 is 23.9 Å². The summed E-state index contributed by atoms with van der Waals surface area (Å²) in [4.78, 5) is 41.8. The number of carbonyl (C=O) groups excluding carboxylic acids is 3. The van der Waals surface area contributed by atoms with E-state index in [1.165, 1.54) is 23.3 Å². The third kappa shape index (κ3) is 2.94. The zero-order chi connectivity index (χ0) is 20.8. The molecule has 0 unspecified atom stereocenters. The molecule has 2 fully saturated rings. The first-order chi connectivity index (χ1) is 13.9. The number of hydrogen-bond acceptors (Lipinski definition) is 7.